The Morgan fingerprint density at radius 2 is 1.90 bits per heavy atom. The molecule has 0 unspecified atom stereocenters. The van der Waals surface area contributed by atoms with Crippen molar-refractivity contribution in [1.82, 2.24) is 5.32 Å². The monoisotopic (exact) mass is 299 g/mol. The molecule has 0 spiro atoms. The highest BCUT2D eigenvalue weighted by Crippen LogP contribution is 2.47. The Kier molecular flexibility index (Phi) is 6.93. The lowest BCUT2D eigenvalue weighted by atomic mass is 10.1. The van der Waals surface area contributed by atoms with Gasteiger partial charge in [0, 0.05) is 6.54 Å². The lowest BCUT2D eigenvalue weighted by Crippen LogP contribution is -2.26. The van der Waals surface area contributed by atoms with E-state index >= 15 is 0 Å². The van der Waals surface area contributed by atoms with Crippen molar-refractivity contribution in [2.45, 2.75) is 27.3 Å². The van der Waals surface area contributed by atoms with Gasteiger partial charge in [-0.2, -0.15) is 0 Å². The normalized spacial score (nSPS) is 11.3. The number of benzene rings is 1. The van der Waals surface area contributed by atoms with Crippen LogP contribution in [0.25, 0.3) is 0 Å². The first kappa shape index (κ1) is 16.9. The van der Waals surface area contributed by atoms with Crippen molar-refractivity contribution in [1.29, 1.82) is 0 Å². The molecule has 1 rings (SSSR count). The number of carbonyl (C=O) groups excluding carboxylic acids is 1. The van der Waals surface area contributed by atoms with Gasteiger partial charge in [0.1, 0.15) is 6.16 Å². The van der Waals surface area contributed by atoms with Crippen molar-refractivity contribution in [3.8, 4) is 0 Å². The average molecular weight is 299 g/mol. The van der Waals surface area contributed by atoms with Gasteiger partial charge in [0.25, 0.3) is 0 Å². The van der Waals surface area contributed by atoms with Crippen LogP contribution in [0.1, 0.15) is 25.0 Å². The first-order valence-electron chi connectivity index (χ1n) is 6.69. The molecule has 1 N–H and O–H groups in total. The number of hydrogen-bond donors (Lipinski definition) is 1. The van der Waals surface area contributed by atoms with Crippen molar-refractivity contribution in [2.75, 3.05) is 19.4 Å². The van der Waals surface area contributed by atoms with E-state index in [-0.39, 0.29) is 25.3 Å². The van der Waals surface area contributed by atoms with Crippen LogP contribution < -0.4 is 5.32 Å². The van der Waals surface area contributed by atoms with Crippen molar-refractivity contribution >= 4 is 13.5 Å². The zero-order chi connectivity index (χ0) is 15.0. The summed E-state index contributed by atoms with van der Waals surface area (Å²) in [6.07, 6.45) is -0.250. The molecule has 20 heavy (non-hydrogen) atoms. The fraction of sp³-hybridized carbons (Fsp3) is 0.500. The van der Waals surface area contributed by atoms with Crippen LogP contribution in [0.3, 0.4) is 0 Å². The molecule has 0 atom stereocenters. The summed E-state index contributed by atoms with van der Waals surface area (Å²) in [6, 6.07) is 7.84. The van der Waals surface area contributed by atoms with Gasteiger partial charge in [-0.3, -0.25) is 9.36 Å². The highest BCUT2D eigenvalue weighted by Gasteiger charge is 2.27. The van der Waals surface area contributed by atoms with E-state index in [1.165, 1.54) is 0 Å². The third-order valence-corrected chi connectivity index (χ3v) is 4.54. The fourth-order valence-corrected chi connectivity index (χ4v) is 3.28. The topological polar surface area (TPSA) is 64.6 Å². The molecule has 0 fully saturated rings. The summed E-state index contributed by atoms with van der Waals surface area (Å²) in [4.78, 5) is 11.8. The summed E-state index contributed by atoms with van der Waals surface area (Å²) in [6.45, 7) is 6.33. The Morgan fingerprint density at radius 3 is 2.45 bits per heavy atom. The molecule has 0 heterocycles. The molecule has 0 aliphatic heterocycles. The maximum atomic E-state index is 12.2. The van der Waals surface area contributed by atoms with E-state index in [1.807, 2.05) is 31.2 Å². The molecule has 1 amide bonds. The summed E-state index contributed by atoms with van der Waals surface area (Å²) in [5.41, 5.74) is 2.13. The minimum absolute atomic E-state index is 0.250. The summed E-state index contributed by atoms with van der Waals surface area (Å²) >= 11 is 0. The molecule has 0 saturated carbocycles. The van der Waals surface area contributed by atoms with Gasteiger partial charge in [0.15, 0.2) is 0 Å². The van der Waals surface area contributed by atoms with E-state index < -0.39 is 7.60 Å². The van der Waals surface area contributed by atoms with Gasteiger partial charge in [0.2, 0.25) is 5.91 Å². The fourth-order valence-electron chi connectivity index (χ4n) is 1.78. The third-order valence-electron chi connectivity index (χ3n) is 2.56. The molecule has 6 heteroatoms. The Balaban J connectivity index is 2.52. The van der Waals surface area contributed by atoms with Crippen molar-refractivity contribution in [2.24, 2.45) is 0 Å². The largest absolute Gasteiger partial charge is 0.351 e. The molecule has 0 bridgehead atoms. The second-order valence-electron chi connectivity index (χ2n) is 4.37. The third kappa shape index (κ3) is 5.87. The molecule has 1 aromatic rings. The number of nitrogens with one attached hydrogen (secondary N) is 1. The maximum absolute atomic E-state index is 12.2. The SMILES string of the molecule is CCOP(=O)(CC(=O)NCc1cccc(C)c1)OCC. The van der Waals surface area contributed by atoms with Gasteiger partial charge < -0.3 is 14.4 Å². The summed E-state index contributed by atoms with van der Waals surface area (Å²) < 4.78 is 22.4. The Labute approximate surface area is 120 Å². The highest BCUT2D eigenvalue weighted by atomic mass is 31.2. The van der Waals surface area contributed by atoms with Crippen molar-refractivity contribution in [3.63, 3.8) is 0 Å². The first-order valence-corrected chi connectivity index (χ1v) is 8.42. The molecular weight excluding hydrogens is 277 g/mol. The van der Waals surface area contributed by atoms with Crippen molar-refractivity contribution < 1.29 is 18.4 Å². The van der Waals surface area contributed by atoms with E-state index in [2.05, 4.69) is 5.32 Å². The summed E-state index contributed by atoms with van der Waals surface area (Å²) in [7, 11) is -3.32. The standard InChI is InChI=1S/C14H22NO4P/c1-4-18-20(17,19-5-2)11-14(16)15-10-13-8-6-7-12(3)9-13/h6-9H,4-5,10-11H2,1-3H3,(H,15,16). The van der Waals surface area contributed by atoms with Gasteiger partial charge >= 0.3 is 7.60 Å². The minimum atomic E-state index is -3.32. The van der Waals surface area contributed by atoms with Crippen LogP contribution in [0, 0.1) is 6.92 Å². The van der Waals surface area contributed by atoms with Crippen LogP contribution in [0.5, 0.6) is 0 Å². The summed E-state index contributed by atoms with van der Waals surface area (Å²) in [5.74, 6) is -0.336. The van der Waals surface area contributed by atoms with Crippen LogP contribution in [-0.4, -0.2) is 25.3 Å². The second kappa shape index (κ2) is 8.20. The Bertz CT molecular complexity index is 480. The molecule has 5 nitrogen and oxygen atoms in total. The zero-order valence-corrected chi connectivity index (χ0v) is 13.1. The molecule has 0 aromatic heterocycles. The second-order valence-corrected chi connectivity index (χ2v) is 6.42. The smallest absolute Gasteiger partial charge is 0.340 e. The van der Waals surface area contributed by atoms with Gasteiger partial charge in [-0.25, -0.2) is 0 Å². The van der Waals surface area contributed by atoms with Crippen LogP contribution in [0.2, 0.25) is 0 Å². The predicted octanol–water partition coefficient (Wildman–Crippen LogP) is 2.88. The maximum Gasteiger partial charge on any atom is 0.340 e. The quantitative estimate of drug-likeness (QED) is 0.750. The van der Waals surface area contributed by atoms with E-state index in [0.29, 0.717) is 6.54 Å². The predicted molar refractivity (Wildman–Crippen MR) is 78.8 cm³/mol. The number of hydrogen-bond acceptors (Lipinski definition) is 4. The molecule has 0 aliphatic rings. The average Bonchev–Trinajstić information content (AvgIpc) is 2.37. The van der Waals surface area contributed by atoms with Crippen molar-refractivity contribution in [3.05, 3.63) is 35.4 Å². The van der Waals surface area contributed by atoms with Crippen LogP contribution in [-0.2, 0) is 25.0 Å². The van der Waals surface area contributed by atoms with Crippen LogP contribution in [0.4, 0.5) is 0 Å². The highest BCUT2D eigenvalue weighted by molar-refractivity contribution is 7.54. The minimum Gasteiger partial charge on any atom is -0.351 e. The molecule has 1 aromatic carbocycles. The van der Waals surface area contributed by atoms with Crippen LogP contribution >= 0.6 is 7.60 Å². The Morgan fingerprint density at radius 1 is 1.25 bits per heavy atom. The van der Waals surface area contributed by atoms with E-state index in [4.69, 9.17) is 9.05 Å². The molecule has 0 aliphatic carbocycles. The zero-order valence-electron chi connectivity index (χ0n) is 12.2. The lowest BCUT2D eigenvalue weighted by molar-refractivity contribution is -0.119. The van der Waals surface area contributed by atoms with E-state index in [1.54, 1.807) is 13.8 Å². The van der Waals surface area contributed by atoms with Gasteiger partial charge in [-0.15, -0.1) is 0 Å². The van der Waals surface area contributed by atoms with Gasteiger partial charge in [0.05, 0.1) is 13.2 Å². The first-order chi connectivity index (χ1) is 9.49. The van der Waals surface area contributed by atoms with Crippen LogP contribution in [0.15, 0.2) is 24.3 Å². The van der Waals surface area contributed by atoms with Gasteiger partial charge in [-0.05, 0) is 26.3 Å². The van der Waals surface area contributed by atoms with E-state index in [9.17, 15) is 9.36 Å². The van der Waals surface area contributed by atoms with E-state index in [0.717, 1.165) is 11.1 Å². The number of aryl methyl sites for hydroxylation is 1. The Hall–Kier alpha value is -1.16. The lowest BCUT2D eigenvalue weighted by Gasteiger charge is -2.16. The number of amides is 1. The summed E-state index contributed by atoms with van der Waals surface area (Å²) in [5, 5.41) is 2.73. The molecule has 112 valence electrons. The number of rotatable bonds is 8. The molecule has 0 saturated heterocycles. The number of carbonyl (C=O) groups is 1. The molecular formula is C14H22NO4P. The molecule has 0 radical (unpaired) electrons. The van der Waals surface area contributed by atoms with Gasteiger partial charge in [-0.1, -0.05) is 29.8 Å².